The Labute approximate surface area is 117 Å². The van der Waals surface area contributed by atoms with Gasteiger partial charge in [-0.1, -0.05) is 26.0 Å². The second-order valence-corrected chi connectivity index (χ2v) is 5.97. The van der Waals surface area contributed by atoms with Gasteiger partial charge in [-0.05, 0) is 51.1 Å². The summed E-state index contributed by atoms with van der Waals surface area (Å²) < 4.78 is 0. The van der Waals surface area contributed by atoms with E-state index in [0.29, 0.717) is 23.8 Å². The molecule has 3 heteroatoms. The number of hydrogen-bond acceptors (Lipinski definition) is 3. The number of nitrogens with zero attached hydrogens (tertiary/aromatic N) is 1. The molecule has 0 radical (unpaired) electrons. The summed E-state index contributed by atoms with van der Waals surface area (Å²) in [6, 6.07) is 8.28. The lowest BCUT2D eigenvalue weighted by atomic mass is 10.0. The minimum absolute atomic E-state index is 0.301. The Morgan fingerprint density at radius 2 is 1.68 bits per heavy atom. The van der Waals surface area contributed by atoms with Crippen LogP contribution in [0.2, 0.25) is 0 Å². The molecule has 2 atom stereocenters. The molecular weight excluding hydrogens is 236 g/mol. The molecular formula is C16H28N2O. The lowest BCUT2D eigenvalue weighted by molar-refractivity contribution is 0.242. The fourth-order valence-corrected chi connectivity index (χ4v) is 2.21. The van der Waals surface area contributed by atoms with E-state index in [9.17, 15) is 5.11 Å². The molecule has 0 aliphatic rings. The second kappa shape index (κ2) is 7.51. The molecule has 1 rings (SSSR count). The van der Waals surface area contributed by atoms with Gasteiger partial charge in [0.05, 0.1) is 0 Å². The summed E-state index contributed by atoms with van der Waals surface area (Å²) in [5.74, 6) is 1.03. The zero-order chi connectivity index (χ0) is 14.4. The maximum absolute atomic E-state index is 9.30. The maximum atomic E-state index is 9.30. The van der Waals surface area contributed by atoms with Crippen molar-refractivity contribution in [2.75, 3.05) is 20.6 Å². The van der Waals surface area contributed by atoms with E-state index in [2.05, 4.69) is 45.1 Å². The largest absolute Gasteiger partial charge is 0.508 e. The van der Waals surface area contributed by atoms with Crippen molar-refractivity contribution in [2.24, 2.45) is 5.92 Å². The average Bonchev–Trinajstić information content (AvgIpc) is 2.34. The van der Waals surface area contributed by atoms with Crippen molar-refractivity contribution in [3.8, 4) is 5.75 Å². The van der Waals surface area contributed by atoms with Crippen molar-refractivity contribution >= 4 is 0 Å². The van der Waals surface area contributed by atoms with E-state index in [-0.39, 0.29) is 0 Å². The van der Waals surface area contributed by atoms with Gasteiger partial charge in [0.2, 0.25) is 0 Å². The number of rotatable bonds is 7. The fraction of sp³-hybridized carbons (Fsp3) is 0.625. The van der Waals surface area contributed by atoms with Crippen LogP contribution in [0.3, 0.4) is 0 Å². The van der Waals surface area contributed by atoms with Gasteiger partial charge in [-0.25, -0.2) is 0 Å². The van der Waals surface area contributed by atoms with Crippen LogP contribution in [0.5, 0.6) is 5.75 Å². The van der Waals surface area contributed by atoms with Crippen molar-refractivity contribution in [3.05, 3.63) is 29.8 Å². The highest BCUT2D eigenvalue weighted by Gasteiger charge is 2.14. The van der Waals surface area contributed by atoms with E-state index in [4.69, 9.17) is 0 Å². The molecule has 0 aliphatic heterocycles. The summed E-state index contributed by atoms with van der Waals surface area (Å²) in [5.41, 5.74) is 1.21. The van der Waals surface area contributed by atoms with E-state index in [1.165, 1.54) is 12.0 Å². The third-order valence-corrected chi connectivity index (χ3v) is 3.53. The number of phenols is 1. The van der Waals surface area contributed by atoms with Crippen molar-refractivity contribution in [3.63, 3.8) is 0 Å². The lowest BCUT2D eigenvalue weighted by Gasteiger charge is -2.28. The fourth-order valence-electron chi connectivity index (χ4n) is 2.21. The Morgan fingerprint density at radius 3 is 2.16 bits per heavy atom. The molecule has 0 spiro atoms. The molecule has 1 aromatic carbocycles. The molecule has 0 aliphatic carbocycles. The van der Waals surface area contributed by atoms with Crippen molar-refractivity contribution in [1.29, 1.82) is 0 Å². The molecule has 0 fully saturated rings. The van der Waals surface area contributed by atoms with E-state index in [1.807, 2.05) is 12.1 Å². The predicted molar refractivity (Wildman–Crippen MR) is 81.5 cm³/mol. The Kier molecular flexibility index (Phi) is 6.32. The lowest BCUT2D eigenvalue weighted by Crippen LogP contribution is -2.39. The Balaban J connectivity index is 2.51. The zero-order valence-electron chi connectivity index (χ0n) is 12.9. The minimum Gasteiger partial charge on any atom is -0.508 e. The number of likely N-dealkylation sites (N-methyl/N-ethyl adjacent to an activating group) is 1. The summed E-state index contributed by atoms with van der Waals surface area (Å²) in [7, 11) is 4.28. The van der Waals surface area contributed by atoms with Crippen molar-refractivity contribution in [1.82, 2.24) is 10.2 Å². The summed E-state index contributed by atoms with van der Waals surface area (Å²) >= 11 is 0. The van der Waals surface area contributed by atoms with Gasteiger partial charge in [0.25, 0.3) is 0 Å². The van der Waals surface area contributed by atoms with Gasteiger partial charge in [-0.2, -0.15) is 0 Å². The molecule has 0 saturated carbocycles. The highest BCUT2D eigenvalue weighted by Crippen LogP contribution is 2.17. The van der Waals surface area contributed by atoms with Gasteiger partial charge < -0.3 is 15.3 Å². The Hall–Kier alpha value is -1.06. The topological polar surface area (TPSA) is 35.5 Å². The van der Waals surface area contributed by atoms with Crippen LogP contribution in [-0.2, 0) is 0 Å². The summed E-state index contributed by atoms with van der Waals surface area (Å²) in [4.78, 5) is 2.29. The van der Waals surface area contributed by atoms with Gasteiger partial charge in [-0.3, -0.25) is 0 Å². The molecule has 0 bridgehead atoms. The first kappa shape index (κ1) is 16.0. The molecule has 0 amide bonds. The first-order valence-corrected chi connectivity index (χ1v) is 7.09. The Bertz CT molecular complexity index is 360. The van der Waals surface area contributed by atoms with Crippen LogP contribution < -0.4 is 5.32 Å². The summed E-state index contributed by atoms with van der Waals surface area (Å²) in [6.07, 6.45) is 1.20. The van der Waals surface area contributed by atoms with Crippen LogP contribution in [-0.4, -0.2) is 36.7 Å². The highest BCUT2D eigenvalue weighted by molar-refractivity contribution is 5.27. The number of aromatic hydroxyl groups is 1. The smallest absolute Gasteiger partial charge is 0.115 e. The number of phenolic OH excluding ortho intramolecular Hbond substituents is 1. The molecule has 1 aromatic rings. The molecule has 3 nitrogen and oxygen atoms in total. The average molecular weight is 264 g/mol. The zero-order valence-corrected chi connectivity index (χ0v) is 12.9. The number of hydrogen-bond donors (Lipinski definition) is 2. The first-order chi connectivity index (χ1) is 8.90. The Morgan fingerprint density at radius 1 is 1.11 bits per heavy atom. The van der Waals surface area contributed by atoms with Crippen LogP contribution in [0.25, 0.3) is 0 Å². The monoisotopic (exact) mass is 264 g/mol. The van der Waals surface area contributed by atoms with Crippen LogP contribution in [0, 0.1) is 5.92 Å². The quantitative estimate of drug-likeness (QED) is 0.794. The molecule has 2 N–H and O–H groups in total. The van der Waals surface area contributed by atoms with E-state index < -0.39 is 0 Å². The van der Waals surface area contributed by atoms with Crippen LogP contribution in [0.1, 0.15) is 38.8 Å². The maximum Gasteiger partial charge on any atom is 0.115 e. The van der Waals surface area contributed by atoms with Gasteiger partial charge >= 0.3 is 0 Å². The van der Waals surface area contributed by atoms with E-state index in [0.717, 1.165) is 6.54 Å². The third kappa shape index (κ3) is 5.62. The van der Waals surface area contributed by atoms with Crippen LogP contribution in [0.15, 0.2) is 24.3 Å². The normalized spacial score (nSPS) is 14.9. The summed E-state index contributed by atoms with van der Waals surface area (Å²) in [6.45, 7) is 7.67. The van der Waals surface area contributed by atoms with E-state index >= 15 is 0 Å². The van der Waals surface area contributed by atoms with Gasteiger partial charge in [0.1, 0.15) is 5.75 Å². The number of benzene rings is 1. The third-order valence-electron chi connectivity index (χ3n) is 3.53. The van der Waals surface area contributed by atoms with Crippen molar-refractivity contribution < 1.29 is 5.11 Å². The molecule has 19 heavy (non-hydrogen) atoms. The predicted octanol–water partition coefficient (Wildman–Crippen LogP) is 3.02. The van der Waals surface area contributed by atoms with Gasteiger partial charge in [-0.15, -0.1) is 0 Å². The first-order valence-electron chi connectivity index (χ1n) is 7.09. The van der Waals surface area contributed by atoms with Crippen molar-refractivity contribution in [2.45, 2.75) is 39.3 Å². The standard InChI is InChI=1S/C16H28N2O/c1-12(2)10-15(18(4)5)11-17-13(3)14-6-8-16(19)9-7-14/h6-9,12-13,15,17,19H,10-11H2,1-5H3. The summed E-state index contributed by atoms with van der Waals surface area (Å²) in [5, 5.41) is 12.9. The molecule has 0 aromatic heterocycles. The SMILES string of the molecule is CC(C)CC(CNC(C)c1ccc(O)cc1)N(C)C. The molecule has 2 unspecified atom stereocenters. The molecule has 0 heterocycles. The second-order valence-electron chi connectivity index (χ2n) is 5.97. The van der Waals surface area contributed by atoms with Crippen LogP contribution >= 0.6 is 0 Å². The van der Waals surface area contributed by atoms with Gasteiger partial charge in [0, 0.05) is 18.6 Å². The van der Waals surface area contributed by atoms with E-state index in [1.54, 1.807) is 12.1 Å². The highest BCUT2D eigenvalue weighted by atomic mass is 16.3. The van der Waals surface area contributed by atoms with Gasteiger partial charge in [0.15, 0.2) is 0 Å². The van der Waals surface area contributed by atoms with Crippen LogP contribution in [0.4, 0.5) is 0 Å². The minimum atomic E-state index is 0.301. The molecule has 0 saturated heterocycles. The number of nitrogens with one attached hydrogen (secondary N) is 1. The molecule has 108 valence electrons.